The second-order valence-corrected chi connectivity index (χ2v) is 4.31. The molecular weight excluding hydrogens is 258 g/mol. The van der Waals surface area contributed by atoms with Crippen molar-refractivity contribution in [2.45, 2.75) is 33.6 Å². The molecule has 2 rings (SSSR count). The van der Waals surface area contributed by atoms with Gasteiger partial charge in [0.15, 0.2) is 0 Å². The lowest BCUT2D eigenvalue weighted by atomic mass is 10.2. The van der Waals surface area contributed by atoms with Crippen LogP contribution in [0.4, 0.5) is 11.6 Å². The third kappa shape index (κ3) is 9.12. The van der Waals surface area contributed by atoms with Gasteiger partial charge in [0.1, 0.15) is 11.6 Å². The molecule has 3 heteroatoms. The van der Waals surface area contributed by atoms with Gasteiger partial charge < -0.3 is 11.5 Å². The Morgan fingerprint density at radius 1 is 0.952 bits per heavy atom. The molecule has 0 unspecified atom stereocenters. The first-order valence-corrected chi connectivity index (χ1v) is 7.00. The molecule has 1 aromatic carbocycles. The van der Waals surface area contributed by atoms with Crippen LogP contribution in [0.25, 0.3) is 0 Å². The van der Waals surface area contributed by atoms with Gasteiger partial charge in [0.2, 0.25) is 0 Å². The molecule has 0 saturated heterocycles. The fraction of sp³-hybridized carbons (Fsp3) is 0.278. The van der Waals surface area contributed by atoms with Crippen LogP contribution < -0.4 is 11.5 Å². The highest BCUT2D eigenvalue weighted by Crippen LogP contribution is 2.08. The second kappa shape index (κ2) is 11.4. The Balaban J connectivity index is 0.000000327. The molecule has 0 aliphatic heterocycles. The first-order valence-electron chi connectivity index (χ1n) is 7.00. The Labute approximate surface area is 128 Å². The maximum absolute atomic E-state index is 5.44. The topological polar surface area (TPSA) is 64.9 Å². The minimum Gasteiger partial charge on any atom is -0.384 e. The zero-order valence-electron chi connectivity index (χ0n) is 13.1. The molecule has 1 heterocycles. The Hall–Kier alpha value is -2.47. The molecule has 3 nitrogen and oxygen atoms in total. The summed E-state index contributed by atoms with van der Waals surface area (Å²) in [5.41, 5.74) is 13.4. The van der Waals surface area contributed by atoms with Crippen LogP contribution >= 0.6 is 0 Å². The molecule has 0 atom stereocenters. The van der Waals surface area contributed by atoms with Crippen LogP contribution in [-0.4, -0.2) is 4.98 Å². The lowest BCUT2D eigenvalue weighted by molar-refractivity contribution is 1.13. The van der Waals surface area contributed by atoms with E-state index >= 15 is 0 Å². The third-order valence-corrected chi connectivity index (χ3v) is 2.58. The molecule has 4 N–H and O–H groups in total. The van der Waals surface area contributed by atoms with E-state index < -0.39 is 0 Å². The van der Waals surface area contributed by atoms with Crippen molar-refractivity contribution in [1.82, 2.24) is 4.98 Å². The quantitative estimate of drug-likeness (QED) is 0.826. The number of benzene rings is 1. The highest BCUT2D eigenvalue weighted by molar-refractivity contribution is 5.43. The van der Waals surface area contributed by atoms with E-state index in [-0.39, 0.29) is 0 Å². The van der Waals surface area contributed by atoms with Crippen molar-refractivity contribution in [1.29, 1.82) is 0 Å². The Kier molecular flexibility index (Phi) is 10.0. The number of rotatable bonds is 2. The number of anilines is 2. The number of nitrogens with zero attached hydrogens (tertiary/aromatic N) is 1. The lowest BCUT2D eigenvalue weighted by Crippen LogP contribution is -1.97. The predicted octanol–water partition coefficient (Wildman–Crippen LogP) is 3.70. The molecule has 21 heavy (non-hydrogen) atoms. The van der Waals surface area contributed by atoms with Gasteiger partial charge in [0.05, 0.1) is 0 Å². The monoisotopic (exact) mass is 283 g/mol. The van der Waals surface area contributed by atoms with Crippen molar-refractivity contribution in [2.24, 2.45) is 0 Å². The standard InChI is InChI=1S/C8H10.C7H11N3.C3H4/c1-2-8-6-4-3-5-7-8;1-2-5-3-6(8)10-7(9)4-5;1-3-2/h3-7H,2H2,1H3;3-4H,2H2,1H3,(H4,8,9,10);1H,2H3. The van der Waals surface area contributed by atoms with Crippen molar-refractivity contribution in [2.75, 3.05) is 11.5 Å². The smallest absolute Gasteiger partial charge is 0.126 e. The van der Waals surface area contributed by atoms with Crippen molar-refractivity contribution in [3.8, 4) is 12.3 Å². The molecule has 0 amide bonds. The predicted molar refractivity (Wildman–Crippen MR) is 92.8 cm³/mol. The minimum atomic E-state index is 0.497. The second-order valence-electron chi connectivity index (χ2n) is 4.31. The number of terminal acetylenes is 1. The van der Waals surface area contributed by atoms with Gasteiger partial charge in [-0.1, -0.05) is 44.2 Å². The van der Waals surface area contributed by atoms with E-state index in [9.17, 15) is 0 Å². The average Bonchev–Trinajstić information content (AvgIpc) is 2.48. The number of pyridine rings is 1. The van der Waals surface area contributed by atoms with Crippen molar-refractivity contribution in [3.05, 3.63) is 53.6 Å². The van der Waals surface area contributed by atoms with Gasteiger partial charge in [-0.2, -0.15) is 0 Å². The van der Waals surface area contributed by atoms with E-state index in [4.69, 9.17) is 11.5 Å². The van der Waals surface area contributed by atoms with Gasteiger partial charge >= 0.3 is 0 Å². The summed E-state index contributed by atoms with van der Waals surface area (Å²) < 4.78 is 0. The van der Waals surface area contributed by atoms with E-state index in [1.54, 1.807) is 6.92 Å². The molecular formula is C18H25N3. The van der Waals surface area contributed by atoms with Gasteiger partial charge in [-0.05, 0) is 43.0 Å². The van der Waals surface area contributed by atoms with E-state index in [1.165, 1.54) is 5.56 Å². The number of aromatic nitrogens is 1. The Bertz CT molecular complexity index is 522. The molecule has 0 aliphatic rings. The first kappa shape index (κ1) is 18.5. The fourth-order valence-corrected chi connectivity index (χ4v) is 1.55. The van der Waals surface area contributed by atoms with Crippen molar-refractivity contribution in [3.63, 3.8) is 0 Å². The molecule has 0 spiro atoms. The number of aryl methyl sites for hydroxylation is 2. The van der Waals surface area contributed by atoms with Crippen LogP contribution in [0, 0.1) is 12.3 Å². The molecule has 0 bridgehead atoms. The summed E-state index contributed by atoms with van der Waals surface area (Å²) in [5.74, 6) is 3.24. The summed E-state index contributed by atoms with van der Waals surface area (Å²) in [6.07, 6.45) is 6.68. The van der Waals surface area contributed by atoms with Crippen LogP contribution in [0.1, 0.15) is 31.9 Å². The largest absolute Gasteiger partial charge is 0.384 e. The zero-order chi connectivity index (χ0) is 16.1. The van der Waals surface area contributed by atoms with Crippen LogP contribution in [-0.2, 0) is 12.8 Å². The van der Waals surface area contributed by atoms with Gasteiger partial charge in [-0.15, -0.1) is 12.3 Å². The Morgan fingerprint density at radius 2 is 1.38 bits per heavy atom. The van der Waals surface area contributed by atoms with Crippen LogP contribution in [0.5, 0.6) is 0 Å². The highest BCUT2D eigenvalue weighted by atomic mass is 14.9. The first-order chi connectivity index (χ1) is 10.1. The summed E-state index contributed by atoms with van der Waals surface area (Å²) in [6.45, 7) is 5.86. The van der Waals surface area contributed by atoms with E-state index in [0.29, 0.717) is 11.6 Å². The van der Waals surface area contributed by atoms with E-state index in [0.717, 1.165) is 18.4 Å². The van der Waals surface area contributed by atoms with Crippen LogP contribution in [0.3, 0.4) is 0 Å². The zero-order valence-corrected chi connectivity index (χ0v) is 13.1. The molecule has 1 aromatic heterocycles. The SMILES string of the molecule is C#CC.CCc1cc(N)nc(N)c1.CCc1ccccc1. The van der Waals surface area contributed by atoms with Crippen LogP contribution in [0.2, 0.25) is 0 Å². The lowest BCUT2D eigenvalue weighted by Gasteiger charge is -1.99. The molecule has 112 valence electrons. The minimum absolute atomic E-state index is 0.497. The molecule has 0 saturated carbocycles. The molecule has 0 fully saturated rings. The summed E-state index contributed by atoms with van der Waals surface area (Å²) in [7, 11) is 0. The maximum atomic E-state index is 5.44. The molecule has 0 aliphatic carbocycles. The summed E-state index contributed by atoms with van der Waals surface area (Å²) in [6, 6.07) is 14.1. The summed E-state index contributed by atoms with van der Waals surface area (Å²) in [5, 5.41) is 0. The molecule has 0 radical (unpaired) electrons. The number of hydrogen-bond acceptors (Lipinski definition) is 3. The summed E-state index contributed by atoms with van der Waals surface area (Å²) >= 11 is 0. The van der Waals surface area contributed by atoms with E-state index in [1.807, 2.05) is 25.1 Å². The van der Waals surface area contributed by atoms with E-state index in [2.05, 4.69) is 48.5 Å². The van der Waals surface area contributed by atoms with Gasteiger partial charge in [0.25, 0.3) is 0 Å². The maximum Gasteiger partial charge on any atom is 0.126 e. The average molecular weight is 283 g/mol. The van der Waals surface area contributed by atoms with Crippen molar-refractivity contribution >= 4 is 11.6 Å². The number of nitrogen functional groups attached to an aromatic ring is 2. The van der Waals surface area contributed by atoms with Crippen molar-refractivity contribution < 1.29 is 0 Å². The van der Waals surface area contributed by atoms with Gasteiger partial charge in [-0.3, -0.25) is 0 Å². The van der Waals surface area contributed by atoms with Crippen LogP contribution in [0.15, 0.2) is 42.5 Å². The normalized spacial score (nSPS) is 8.48. The third-order valence-electron chi connectivity index (χ3n) is 2.58. The highest BCUT2D eigenvalue weighted by Gasteiger charge is 1.93. The van der Waals surface area contributed by atoms with Gasteiger partial charge in [0, 0.05) is 0 Å². The Morgan fingerprint density at radius 3 is 1.71 bits per heavy atom. The van der Waals surface area contributed by atoms with Gasteiger partial charge in [-0.25, -0.2) is 4.98 Å². The number of nitrogens with two attached hydrogens (primary N) is 2. The molecule has 2 aromatic rings. The summed E-state index contributed by atoms with van der Waals surface area (Å²) in [4.78, 5) is 3.84. The number of hydrogen-bond donors (Lipinski definition) is 2. The fourth-order valence-electron chi connectivity index (χ4n) is 1.55.